The maximum Gasteiger partial charge on any atom is 0.337 e. The van der Waals surface area contributed by atoms with Crippen molar-refractivity contribution in [1.82, 2.24) is 0 Å². The summed E-state index contributed by atoms with van der Waals surface area (Å²) in [7, 11) is 1.32. The fourth-order valence-corrected chi connectivity index (χ4v) is 2.82. The van der Waals surface area contributed by atoms with E-state index in [1.165, 1.54) is 7.11 Å². The SMILES string of the molecule is COC(=O)c1cccc(NC(=O)CC(C)c2ccc3c(c2)OCCO3)c1. The van der Waals surface area contributed by atoms with Crippen molar-refractivity contribution >= 4 is 17.6 Å². The summed E-state index contributed by atoms with van der Waals surface area (Å²) in [6, 6.07) is 12.4. The number of ether oxygens (including phenoxy) is 3. The van der Waals surface area contributed by atoms with E-state index < -0.39 is 5.97 Å². The van der Waals surface area contributed by atoms with E-state index in [2.05, 4.69) is 5.32 Å². The molecule has 6 nitrogen and oxygen atoms in total. The fraction of sp³-hybridized carbons (Fsp3) is 0.300. The Morgan fingerprint density at radius 1 is 1.12 bits per heavy atom. The Morgan fingerprint density at radius 2 is 1.88 bits per heavy atom. The molecule has 26 heavy (non-hydrogen) atoms. The van der Waals surface area contributed by atoms with E-state index in [-0.39, 0.29) is 11.8 Å². The average Bonchev–Trinajstić information content (AvgIpc) is 2.67. The largest absolute Gasteiger partial charge is 0.486 e. The number of esters is 1. The van der Waals surface area contributed by atoms with E-state index in [0.29, 0.717) is 36.6 Å². The van der Waals surface area contributed by atoms with Crippen molar-refractivity contribution in [3.63, 3.8) is 0 Å². The molecule has 0 aliphatic carbocycles. The average molecular weight is 355 g/mol. The van der Waals surface area contributed by atoms with Gasteiger partial charge in [-0.15, -0.1) is 0 Å². The maximum absolute atomic E-state index is 12.4. The predicted molar refractivity (Wildman–Crippen MR) is 96.9 cm³/mol. The lowest BCUT2D eigenvalue weighted by Gasteiger charge is -2.20. The first-order chi connectivity index (χ1) is 12.6. The second-order valence-electron chi connectivity index (χ2n) is 6.13. The van der Waals surface area contributed by atoms with Gasteiger partial charge in [0.15, 0.2) is 11.5 Å². The van der Waals surface area contributed by atoms with Gasteiger partial charge < -0.3 is 19.5 Å². The number of rotatable bonds is 5. The number of amides is 1. The van der Waals surface area contributed by atoms with Gasteiger partial charge in [0, 0.05) is 12.1 Å². The standard InChI is InChI=1S/C20H21NO5/c1-13(14-6-7-17-18(12-14)26-9-8-25-17)10-19(22)21-16-5-3-4-15(11-16)20(23)24-2/h3-7,11-13H,8-10H2,1-2H3,(H,21,22). The molecule has 1 N–H and O–H groups in total. The zero-order valence-corrected chi connectivity index (χ0v) is 14.8. The summed E-state index contributed by atoms with van der Waals surface area (Å²) < 4.78 is 15.8. The van der Waals surface area contributed by atoms with Crippen LogP contribution in [-0.4, -0.2) is 32.2 Å². The summed E-state index contributed by atoms with van der Waals surface area (Å²) >= 11 is 0. The number of benzene rings is 2. The molecule has 2 aromatic carbocycles. The van der Waals surface area contributed by atoms with E-state index >= 15 is 0 Å². The molecule has 6 heteroatoms. The Bertz CT molecular complexity index is 818. The highest BCUT2D eigenvalue weighted by Crippen LogP contribution is 2.34. The van der Waals surface area contributed by atoms with Crippen LogP contribution in [0.5, 0.6) is 11.5 Å². The van der Waals surface area contributed by atoms with E-state index in [9.17, 15) is 9.59 Å². The van der Waals surface area contributed by atoms with Crippen LogP contribution in [0.4, 0.5) is 5.69 Å². The number of hydrogen-bond acceptors (Lipinski definition) is 5. The Balaban J connectivity index is 1.63. The summed E-state index contributed by atoms with van der Waals surface area (Å²) in [5, 5.41) is 2.82. The van der Waals surface area contributed by atoms with Gasteiger partial charge in [-0.25, -0.2) is 4.79 Å². The molecular weight excluding hydrogens is 334 g/mol. The highest BCUT2D eigenvalue weighted by Gasteiger charge is 2.17. The predicted octanol–water partition coefficient (Wildman–Crippen LogP) is 3.38. The quantitative estimate of drug-likeness (QED) is 0.833. The van der Waals surface area contributed by atoms with Crippen LogP contribution in [0, 0.1) is 0 Å². The first-order valence-corrected chi connectivity index (χ1v) is 8.44. The van der Waals surface area contributed by atoms with Crippen LogP contribution >= 0.6 is 0 Å². The van der Waals surface area contributed by atoms with Gasteiger partial charge in [-0.1, -0.05) is 19.1 Å². The number of hydrogen-bond donors (Lipinski definition) is 1. The van der Waals surface area contributed by atoms with E-state index in [1.807, 2.05) is 25.1 Å². The van der Waals surface area contributed by atoms with Crippen LogP contribution in [0.3, 0.4) is 0 Å². The van der Waals surface area contributed by atoms with Crippen LogP contribution < -0.4 is 14.8 Å². The normalized spacial score (nSPS) is 13.6. The Kier molecular flexibility index (Phi) is 5.41. The zero-order chi connectivity index (χ0) is 18.5. The Labute approximate surface area is 152 Å². The summed E-state index contributed by atoms with van der Waals surface area (Å²) in [5.74, 6) is 0.887. The summed E-state index contributed by atoms with van der Waals surface area (Å²) in [5.41, 5.74) is 1.96. The lowest BCUT2D eigenvalue weighted by Crippen LogP contribution is -2.17. The minimum atomic E-state index is -0.439. The minimum Gasteiger partial charge on any atom is -0.486 e. The van der Waals surface area contributed by atoms with Gasteiger partial charge in [-0.3, -0.25) is 4.79 Å². The lowest BCUT2D eigenvalue weighted by atomic mass is 9.97. The van der Waals surface area contributed by atoms with Gasteiger partial charge in [0.1, 0.15) is 13.2 Å². The molecule has 3 rings (SSSR count). The van der Waals surface area contributed by atoms with Crippen LogP contribution in [0.25, 0.3) is 0 Å². The highest BCUT2D eigenvalue weighted by molar-refractivity contribution is 5.94. The number of carbonyl (C=O) groups is 2. The molecule has 1 amide bonds. The maximum atomic E-state index is 12.4. The lowest BCUT2D eigenvalue weighted by molar-refractivity contribution is -0.116. The topological polar surface area (TPSA) is 73.9 Å². The van der Waals surface area contributed by atoms with Gasteiger partial charge in [0.2, 0.25) is 5.91 Å². The first-order valence-electron chi connectivity index (χ1n) is 8.44. The molecule has 0 saturated carbocycles. The molecule has 1 atom stereocenters. The van der Waals surface area contributed by atoms with Crippen molar-refractivity contribution in [3.8, 4) is 11.5 Å². The number of nitrogens with one attached hydrogen (secondary N) is 1. The molecule has 0 saturated heterocycles. The van der Waals surface area contributed by atoms with Gasteiger partial charge in [0.25, 0.3) is 0 Å². The van der Waals surface area contributed by atoms with Gasteiger partial charge >= 0.3 is 5.97 Å². The second kappa shape index (κ2) is 7.91. The molecular formula is C20H21NO5. The monoisotopic (exact) mass is 355 g/mol. The molecule has 136 valence electrons. The third-order valence-corrected chi connectivity index (χ3v) is 4.19. The third-order valence-electron chi connectivity index (χ3n) is 4.19. The molecule has 1 unspecified atom stereocenters. The molecule has 0 spiro atoms. The van der Waals surface area contributed by atoms with E-state index in [0.717, 1.165) is 11.3 Å². The van der Waals surface area contributed by atoms with Crippen molar-refractivity contribution in [2.45, 2.75) is 19.3 Å². The third kappa shape index (κ3) is 4.14. The molecule has 1 aliphatic rings. The van der Waals surface area contributed by atoms with Gasteiger partial charge in [0.05, 0.1) is 12.7 Å². The van der Waals surface area contributed by atoms with Crippen molar-refractivity contribution in [2.24, 2.45) is 0 Å². The minimum absolute atomic E-state index is 0.00890. The smallest absolute Gasteiger partial charge is 0.337 e. The van der Waals surface area contributed by atoms with Gasteiger partial charge in [-0.05, 0) is 41.8 Å². The van der Waals surface area contributed by atoms with Crippen molar-refractivity contribution in [1.29, 1.82) is 0 Å². The van der Waals surface area contributed by atoms with Crippen molar-refractivity contribution < 1.29 is 23.8 Å². The molecule has 1 aliphatic heterocycles. The molecule has 0 fully saturated rings. The van der Waals surface area contributed by atoms with Crippen LogP contribution in [-0.2, 0) is 9.53 Å². The van der Waals surface area contributed by atoms with Crippen molar-refractivity contribution in [2.75, 3.05) is 25.6 Å². The first kappa shape index (κ1) is 17.8. The van der Waals surface area contributed by atoms with Crippen LogP contribution in [0.2, 0.25) is 0 Å². The summed E-state index contributed by atoms with van der Waals surface area (Å²) in [6.07, 6.45) is 0.308. The zero-order valence-electron chi connectivity index (χ0n) is 14.8. The molecule has 0 aromatic heterocycles. The Hall–Kier alpha value is -3.02. The van der Waals surface area contributed by atoms with Crippen molar-refractivity contribution in [3.05, 3.63) is 53.6 Å². The fourth-order valence-electron chi connectivity index (χ4n) is 2.82. The van der Waals surface area contributed by atoms with Crippen LogP contribution in [0.15, 0.2) is 42.5 Å². The number of anilines is 1. The second-order valence-corrected chi connectivity index (χ2v) is 6.13. The molecule has 0 bridgehead atoms. The summed E-state index contributed by atoms with van der Waals surface area (Å²) in [6.45, 7) is 3.06. The van der Waals surface area contributed by atoms with Gasteiger partial charge in [-0.2, -0.15) is 0 Å². The molecule has 1 heterocycles. The molecule has 2 aromatic rings. The van der Waals surface area contributed by atoms with E-state index in [4.69, 9.17) is 14.2 Å². The number of carbonyl (C=O) groups excluding carboxylic acids is 2. The van der Waals surface area contributed by atoms with E-state index in [1.54, 1.807) is 24.3 Å². The number of fused-ring (bicyclic) bond motifs is 1. The molecule has 0 radical (unpaired) electrons. The Morgan fingerprint density at radius 3 is 2.65 bits per heavy atom. The number of methoxy groups -OCH3 is 1. The highest BCUT2D eigenvalue weighted by atomic mass is 16.6. The van der Waals surface area contributed by atoms with Crippen LogP contribution in [0.1, 0.15) is 35.2 Å². The summed E-state index contributed by atoms with van der Waals surface area (Å²) in [4.78, 5) is 23.9.